The molecule has 0 fully saturated rings. The van der Waals surface area contributed by atoms with E-state index < -0.39 is 6.09 Å². The number of rotatable bonds is 6. The van der Waals surface area contributed by atoms with Crippen LogP contribution in [0.5, 0.6) is 0 Å². The third-order valence-electron chi connectivity index (χ3n) is 3.39. The molecule has 7 heteroatoms. The Morgan fingerprint density at radius 1 is 1.12 bits per heavy atom. The molecule has 3 rings (SSSR count). The molecule has 0 aliphatic rings. The van der Waals surface area contributed by atoms with Crippen molar-refractivity contribution in [3.63, 3.8) is 0 Å². The molecular weight excluding hydrogens is 342 g/mol. The van der Waals surface area contributed by atoms with Gasteiger partial charge in [-0.15, -0.1) is 0 Å². The maximum Gasteiger partial charge on any atom is 0.407 e. The molecule has 0 radical (unpaired) electrons. The molecule has 1 aromatic heterocycles. The van der Waals surface area contributed by atoms with Crippen LogP contribution < -0.4 is 5.32 Å². The number of nitrogens with zero attached hydrogens (tertiary/aromatic N) is 2. The quantitative estimate of drug-likeness (QED) is 0.724. The third kappa shape index (κ3) is 5.06. The van der Waals surface area contributed by atoms with Gasteiger partial charge in [0.25, 0.3) is 0 Å². The molecule has 0 saturated heterocycles. The molecule has 0 unspecified atom stereocenters. The molecule has 1 amide bonds. The highest BCUT2D eigenvalue weighted by Gasteiger charge is 2.09. The highest BCUT2D eigenvalue weighted by Crippen LogP contribution is 2.18. The normalized spacial score (nSPS) is 10.4. The van der Waals surface area contributed by atoms with Crippen molar-refractivity contribution in [2.24, 2.45) is 0 Å². The van der Waals surface area contributed by atoms with Crippen LogP contribution in [0.1, 0.15) is 11.5 Å². The fourth-order valence-corrected chi connectivity index (χ4v) is 2.24. The van der Waals surface area contributed by atoms with Gasteiger partial charge in [-0.3, -0.25) is 0 Å². The number of ether oxygens (including phenoxy) is 1. The van der Waals surface area contributed by atoms with Gasteiger partial charge in [0, 0.05) is 23.6 Å². The Hall–Kier alpha value is -2.86. The zero-order valence-electron chi connectivity index (χ0n) is 13.3. The zero-order valence-corrected chi connectivity index (χ0v) is 14.1. The highest BCUT2D eigenvalue weighted by atomic mass is 35.5. The molecule has 0 atom stereocenters. The summed E-state index contributed by atoms with van der Waals surface area (Å²) in [6.07, 6.45) is -0.0672. The lowest BCUT2D eigenvalue weighted by atomic mass is 10.2. The predicted molar refractivity (Wildman–Crippen MR) is 93.1 cm³/mol. The molecule has 0 saturated carbocycles. The number of hydrogen-bond donors (Lipinski definition) is 1. The number of nitrogens with one attached hydrogen (secondary N) is 1. The van der Waals surface area contributed by atoms with Gasteiger partial charge in [-0.2, -0.15) is 4.98 Å². The fourth-order valence-electron chi connectivity index (χ4n) is 2.12. The lowest BCUT2D eigenvalue weighted by Gasteiger charge is -2.05. The number of benzene rings is 2. The minimum absolute atomic E-state index is 0.230. The van der Waals surface area contributed by atoms with E-state index in [4.69, 9.17) is 20.9 Å². The molecular formula is C18H16ClN3O3. The van der Waals surface area contributed by atoms with E-state index >= 15 is 0 Å². The molecule has 6 nitrogen and oxygen atoms in total. The van der Waals surface area contributed by atoms with Gasteiger partial charge in [0.15, 0.2) is 0 Å². The molecule has 1 heterocycles. The van der Waals surface area contributed by atoms with E-state index in [1.165, 1.54) is 0 Å². The number of halogens is 1. The number of carbonyl (C=O) groups is 1. The maximum atomic E-state index is 11.7. The van der Waals surface area contributed by atoms with Crippen molar-refractivity contribution in [3.8, 4) is 11.4 Å². The van der Waals surface area contributed by atoms with Crippen molar-refractivity contribution in [1.29, 1.82) is 0 Å². The van der Waals surface area contributed by atoms with Gasteiger partial charge in [-0.25, -0.2) is 4.79 Å². The highest BCUT2D eigenvalue weighted by molar-refractivity contribution is 6.30. The van der Waals surface area contributed by atoms with Gasteiger partial charge in [-0.05, 0) is 29.8 Å². The first-order valence-corrected chi connectivity index (χ1v) is 8.11. The van der Waals surface area contributed by atoms with E-state index in [0.29, 0.717) is 29.7 Å². The summed E-state index contributed by atoms with van der Waals surface area (Å²) in [5, 5.41) is 7.21. The number of amides is 1. The Bertz CT molecular complexity index is 819. The molecule has 2 aromatic carbocycles. The molecule has 128 valence electrons. The van der Waals surface area contributed by atoms with Crippen LogP contribution in [0.25, 0.3) is 11.4 Å². The number of carbonyl (C=O) groups excluding carboxylic acids is 1. The third-order valence-corrected chi connectivity index (χ3v) is 3.64. The minimum Gasteiger partial charge on any atom is -0.445 e. The topological polar surface area (TPSA) is 77.3 Å². The van der Waals surface area contributed by atoms with E-state index in [-0.39, 0.29) is 6.61 Å². The SMILES string of the molecule is O=C(NCCc1nc(-c2ccc(Cl)cc2)no1)OCc1ccccc1. The second kappa shape index (κ2) is 8.30. The monoisotopic (exact) mass is 357 g/mol. The largest absolute Gasteiger partial charge is 0.445 e. The number of aromatic nitrogens is 2. The van der Waals surface area contributed by atoms with E-state index in [1.54, 1.807) is 12.1 Å². The van der Waals surface area contributed by atoms with Crippen molar-refractivity contribution in [3.05, 3.63) is 71.1 Å². The summed E-state index contributed by atoms with van der Waals surface area (Å²) in [5.74, 6) is 0.923. The molecule has 0 aliphatic carbocycles. The zero-order chi connectivity index (χ0) is 17.5. The van der Waals surface area contributed by atoms with Crippen LogP contribution in [0.15, 0.2) is 59.1 Å². The predicted octanol–water partition coefficient (Wildman–Crippen LogP) is 3.86. The van der Waals surface area contributed by atoms with Crippen molar-refractivity contribution >= 4 is 17.7 Å². The van der Waals surface area contributed by atoms with Crippen molar-refractivity contribution in [2.75, 3.05) is 6.54 Å². The smallest absolute Gasteiger partial charge is 0.407 e. The van der Waals surface area contributed by atoms with E-state index in [9.17, 15) is 4.79 Å². The van der Waals surface area contributed by atoms with Crippen LogP contribution >= 0.6 is 11.6 Å². The lowest BCUT2D eigenvalue weighted by molar-refractivity contribution is 0.139. The maximum absolute atomic E-state index is 11.7. The van der Waals surface area contributed by atoms with Crippen LogP contribution in [0, 0.1) is 0 Å². The van der Waals surface area contributed by atoms with E-state index in [0.717, 1.165) is 11.1 Å². The number of alkyl carbamates (subject to hydrolysis) is 1. The van der Waals surface area contributed by atoms with E-state index in [2.05, 4.69) is 15.5 Å². The second-order valence-corrected chi connectivity index (χ2v) is 5.69. The summed E-state index contributed by atoms with van der Waals surface area (Å²) in [5.41, 5.74) is 1.75. The Labute approximate surface area is 149 Å². The van der Waals surface area contributed by atoms with E-state index in [1.807, 2.05) is 42.5 Å². The summed E-state index contributed by atoms with van der Waals surface area (Å²) < 4.78 is 10.3. The average Bonchev–Trinajstić information content (AvgIpc) is 3.10. The van der Waals surface area contributed by atoms with Gasteiger partial charge in [-0.1, -0.05) is 47.1 Å². The minimum atomic E-state index is -0.485. The standard InChI is InChI=1S/C18H16ClN3O3/c19-15-8-6-14(7-9-15)17-21-16(25-22-17)10-11-20-18(23)24-12-13-4-2-1-3-5-13/h1-9H,10-12H2,(H,20,23). The Balaban J connectivity index is 1.43. The molecule has 0 spiro atoms. The van der Waals surface area contributed by atoms with Gasteiger partial charge in [0.1, 0.15) is 6.61 Å². The van der Waals surface area contributed by atoms with Crippen molar-refractivity contribution in [1.82, 2.24) is 15.5 Å². The molecule has 0 bridgehead atoms. The van der Waals surface area contributed by atoms with Crippen LogP contribution in [-0.2, 0) is 17.8 Å². The average molecular weight is 358 g/mol. The molecule has 25 heavy (non-hydrogen) atoms. The summed E-state index contributed by atoms with van der Waals surface area (Å²) in [7, 11) is 0. The Morgan fingerprint density at radius 3 is 2.64 bits per heavy atom. The fraction of sp³-hybridized carbons (Fsp3) is 0.167. The van der Waals surface area contributed by atoms with Gasteiger partial charge >= 0.3 is 6.09 Å². The Morgan fingerprint density at radius 2 is 1.88 bits per heavy atom. The Kier molecular flexibility index (Phi) is 5.64. The lowest BCUT2D eigenvalue weighted by Crippen LogP contribution is -2.26. The van der Waals surface area contributed by atoms with Crippen molar-refractivity contribution in [2.45, 2.75) is 13.0 Å². The first kappa shape index (κ1) is 17.0. The number of hydrogen-bond acceptors (Lipinski definition) is 5. The van der Waals surface area contributed by atoms with Crippen LogP contribution in [0.3, 0.4) is 0 Å². The van der Waals surface area contributed by atoms with Gasteiger partial charge < -0.3 is 14.6 Å². The first-order chi connectivity index (χ1) is 12.2. The summed E-state index contributed by atoms with van der Waals surface area (Å²) in [6, 6.07) is 16.6. The molecule has 3 aromatic rings. The molecule has 0 aliphatic heterocycles. The van der Waals surface area contributed by atoms with Gasteiger partial charge in [0.05, 0.1) is 0 Å². The summed E-state index contributed by atoms with van der Waals surface area (Å²) >= 11 is 5.85. The first-order valence-electron chi connectivity index (χ1n) is 7.74. The second-order valence-electron chi connectivity index (χ2n) is 5.26. The summed E-state index contributed by atoms with van der Waals surface area (Å²) in [6.45, 7) is 0.573. The molecule has 1 N–H and O–H groups in total. The van der Waals surface area contributed by atoms with Gasteiger partial charge in [0.2, 0.25) is 11.7 Å². The van der Waals surface area contributed by atoms with Crippen LogP contribution in [0.2, 0.25) is 5.02 Å². The van der Waals surface area contributed by atoms with Crippen LogP contribution in [-0.4, -0.2) is 22.8 Å². The summed E-state index contributed by atoms with van der Waals surface area (Å²) in [4.78, 5) is 15.9. The van der Waals surface area contributed by atoms with Crippen molar-refractivity contribution < 1.29 is 14.1 Å². The van der Waals surface area contributed by atoms with Crippen LogP contribution in [0.4, 0.5) is 4.79 Å².